The predicted octanol–water partition coefficient (Wildman–Crippen LogP) is 3.26. The quantitative estimate of drug-likeness (QED) is 0.754. The Bertz CT molecular complexity index is 641. The molecular formula is C14H13N3S. The highest BCUT2D eigenvalue weighted by Gasteiger charge is 2.07. The summed E-state index contributed by atoms with van der Waals surface area (Å²) in [7, 11) is 0. The van der Waals surface area contributed by atoms with E-state index in [9.17, 15) is 0 Å². The molecule has 0 aliphatic heterocycles. The van der Waals surface area contributed by atoms with Gasteiger partial charge in [-0.1, -0.05) is 18.2 Å². The van der Waals surface area contributed by atoms with Crippen LogP contribution in [-0.2, 0) is 6.54 Å². The fourth-order valence-corrected chi connectivity index (χ4v) is 2.68. The van der Waals surface area contributed by atoms with Gasteiger partial charge >= 0.3 is 0 Å². The van der Waals surface area contributed by atoms with Crippen molar-refractivity contribution in [2.24, 2.45) is 5.73 Å². The van der Waals surface area contributed by atoms with Gasteiger partial charge in [0, 0.05) is 35.4 Å². The summed E-state index contributed by atoms with van der Waals surface area (Å²) in [5.74, 6) is 0. The third kappa shape index (κ3) is 2.08. The van der Waals surface area contributed by atoms with Gasteiger partial charge in [0.2, 0.25) is 0 Å². The summed E-state index contributed by atoms with van der Waals surface area (Å²) in [4.78, 5) is 7.70. The minimum atomic E-state index is 0.559. The lowest BCUT2D eigenvalue weighted by molar-refractivity contribution is 1.07. The van der Waals surface area contributed by atoms with Crippen LogP contribution in [-0.4, -0.2) is 9.97 Å². The van der Waals surface area contributed by atoms with E-state index in [0.717, 1.165) is 27.4 Å². The van der Waals surface area contributed by atoms with Gasteiger partial charge in [-0.05, 0) is 17.7 Å². The fraction of sp³-hybridized carbons (Fsp3) is 0.0714. The van der Waals surface area contributed by atoms with Crippen LogP contribution in [0.15, 0.2) is 48.1 Å². The van der Waals surface area contributed by atoms with Crippen molar-refractivity contribution >= 4 is 11.3 Å². The summed E-state index contributed by atoms with van der Waals surface area (Å²) in [6, 6.07) is 10.2. The van der Waals surface area contributed by atoms with Crippen molar-refractivity contribution in [3.8, 4) is 21.8 Å². The second-order valence-electron chi connectivity index (χ2n) is 4.04. The van der Waals surface area contributed by atoms with E-state index in [4.69, 9.17) is 5.73 Å². The van der Waals surface area contributed by atoms with Crippen LogP contribution >= 0.6 is 11.3 Å². The second kappa shape index (κ2) is 4.76. The molecule has 18 heavy (non-hydrogen) atoms. The molecule has 0 spiro atoms. The van der Waals surface area contributed by atoms with Crippen LogP contribution < -0.4 is 5.73 Å². The number of hydrogen-bond donors (Lipinski definition) is 2. The van der Waals surface area contributed by atoms with E-state index in [1.165, 1.54) is 0 Å². The van der Waals surface area contributed by atoms with Gasteiger partial charge in [0.05, 0.1) is 5.69 Å². The number of aromatic amines is 1. The summed E-state index contributed by atoms with van der Waals surface area (Å²) >= 11 is 1.65. The molecule has 0 atom stereocenters. The summed E-state index contributed by atoms with van der Waals surface area (Å²) in [5, 5.41) is 3.11. The summed E-state index contributed by atoms with van der Waals surface area (Å²) in [6.07, 6.45) is 3.86. The molecule has 90 valence electrons. The number of hydrogen-bond acceptors (Lipinski definition) is 3. The maximum Gasteiger partial charge on any atom is 0.124 e. The van der Waals surface area contributed by atoms with Crippen molar-refractivity contribution in [1.82, 2.24) is 9.97 Å². The Hall–Kier alpha value is -1.91. The van der Waals surface area contributed by atoms with Crippen LogP contribution in [0, 0.1) is 0 Å². The largest absolute Gasteiger partial charge is 0.367 e. The lowest BCUT2D eigenvalue weighted by Gasteiger charge is -1.99. The van der Waals surface area contributed by atoms with Crippen molar-refractivity contribution in [2.45, 2.75) is 6.54 Å². The zero-order valence-electron chi connectivity index (χ0n) is 9.76. The molecule has 3 rings (SSSR count). The molecular weight excluding hydrogens is 242 g/mol. The van der Waals surface area contributed by atoms with Gasteiger partial charge in [-0.15, -0.1) is 11.3 Å². The minimum absolute atomic E-state index is 0.559. The molecule has 3 aromatic rings. The fourth-order valence-electron chi connectivity index (χ4n) is 1.85. The number of nitrogens with one attached hydrogen (secondary N) is 1. The molecule has 0 radical (unpaired) electrons. The van der Waals surface area contributed by atoms with Crippen LogP contribution in [0.4, 0.5) is 0 Å². The van der Waals surface area contributed by atoms with Crippen molar-refractivity contribution in [3.05, 3.63) is 53.7 Å². The van der Waals surface area contributed by atoms with E-state index in [-0.39, 0.29) is 0 Å². The smallest absolute Gasteiger partial charge is 0.124 e. The van der Waals surface area contributed by atoms with Crippen molar-refractivity contribution in [1.29, 1.82) is 0 Å². The van der Waals surface area contributed by atoms with Crippen molar-refractivity contribution in [3.63, 3.8) is 0 Å². The minimum Gasteiger partial charge on any atom is -0.367 e. The standard InChI is InChI=1S/C14H13N3S/c15-7-10-2-1-3-11(6-10)14-17-13(9-18-14)12-4-5-16-8-12/h1-6,8-9,16H,7,15H2. The van der Waals surface area contributed by atoms with Crippen molar-refractivity contribution in [2.75, 3.05) is 0 Å². The highest BCUT2D eigenvalue weighted by molar-refractivity contribution is 7.13. The van der Waals surface area contributed by atoms with E-state index in [2.05, 4.69) is 27.5 Å². The SMILES string of the molecule is NCc1cccc(-c2nc(-c3cc[nH]c3)cs2)c1. The lowest BCUT2D eigenvalue weighted by Crippen LogP contribution is -1.95. The summed E-state index contributed by atoms with van der Waals surface area (Å²) in [6.45, 7) is 0.559. The summed E-state index contributed by atoms with van der Waals surface area (Å²) in [5.41, 5.74) is 10.0. The number of H-pyrrole nitrogens is 1. The molecule has 0 aliphatic rings. The molecule has 0 aliphatic carbocycles. The topological polar surface area (TPSA) is 54.7 Å². The average molecular weight is 255 g/mol. The monoisotopic (exact) mass is 255 g/mol. The van der Waals surface area contributed by atoms with Gasteiger partial charge in [-0.25, -0.2) is 4.98 Å². The highest BCUT2D eigenvalue weighted by atomic mass is 32.1. The molecule has 0 saturated heterocycles. The Labute approximate surface area is 109 Å². The molecule has 3 N–H and O–H groups in total. The zero-order valence-corrected chi connectivity index (χ0v) is 10.6. The molecule has 1 aromatic carbocycles. The van der Waals surface area contributed by atoms with Crippen LogP contribution in [0.1, 0.15) is 5.56 Å². The number of rotatable bonds is 3. The number of thiazole rings is 1. The Morgan fingerprint density at radius 2 is 2.17 bits per heavy atom. The highest BCUT2D eigenvalue weighted by Crippen LogP contribution is 2.28. The normalized spacial score (nSPS) is 10.7. The third-order valence-electron chi connectivity index (χ3n) is 2.81. The molecule has 0 saturated carbocycles. The van der Waals surface area contributed by atoms with Crippen LogP contribution in [0.3, 0.4) is 0 Å². The van der Waals surface area contributed by atoms with Crippen LogP contribution in [0.5, 0.6) is 0 Å². The second-order valence-corrected chi connectivity index (χ2v) is 4.90. The summed E-state index contributed by atoms with van der Waals surface area (Å²) < 4.78 is 0. The first-order valence-corrected chi connectivity index (χ1v) is 6.63. The van der Waals surface area contributed by atoms with Gasteiger partial charge in [0.1, 0.15) is 5.01 Å². The number of nitrogens with zero attached hydrogens (tertiary/aromatic N) is 1. The van der Waals surface area contributed by atoms with Gasteiger partial charge in [0.25, 0.3) is 0 Å². The van der Waals surface area contributed by atoms with Gasteiger partial charge in [0.15, 0.2) is 0 Å². The van der Waals surface area contributed by atoms with E-state index in [1.807, 2.05) is 30.6 Å². The first-order chi connectivity index (χ1) is 8.86. The first-order valence-electron chi connectivity index (χ1n) is 5.75. The molecule has 0 fully saturated rings. The molecule has 0 bridgehead atoms. The Morgan fingerprint density at radius 3 is 2.94 bits per heavy atom. The van der Waals surface area contributed by atoms with Crippen LogP contribution in [0.25, 0.3) is 21.8 Å². The van der Waals surface area contributed by atoms with E-state index in [0.29, 0.717) is 6.54 Å². The Morgan fingerprint density at radius 1 is 1.22 bits per heavy atom. The maximum absolute atomic E-state index is 5.66. The Balaban J connectivity index is 1.97. The molecule has 0 unspecified atom stereocenters. The number of nitrogens with two attached hydrogens (primary N) is 1. The predicted molar refractivity (Wildman–Crippen MR) is 75.2 cm³/mol. The van der Waals surface area contributed by atoms with Gasteiger partial charge in [-0.2, -0.15) is 0 Å². The lowest BCUT2D eigenvalue weighted by atomic mass is 10.1. The van der Waals surface area contributed by atoms with E-state index in [1.54, 1.807) is 11.3 Å². The molecule has 2 aromatic heterocycles. The first kappa shape index (κ1) is 11.2. The maximum atomic E-state index is 5.66. The van der Waals surface area contributed by atoms with E-state index < -0.39 is 0 Å². The van der Waals surface area contributed by atoms with Gasteiger partial charge in [-0.3, -0.25) is 0 Å². The third-order valence-corrected chi connectivity index (χ3v) is 3.70. The van der Waals surface area contributed by atoms with E-state index >= 15 is 0 Å². The Kier molecular flexibility index (Phi) is 2.96. The molecule has 3 nitrogen and oxygen atoms in total. The zero-order chi connectivity index (χ0) is 12.4. The number of benzene rings is 1. The molecule has 4 heteroatoms. The van der Waals surface area contributed by atoms with Crippen molar-refractivity contribution < 1.29 is 0 Å². The van der Waals surface area contributed by atoms with Crippen LogP contribution in [0.2, 0.25) is 0 Å². The van der Waals surface area contributed by atoms with Gasteiger partial charge < -0.3 is 10.7 Å². The molecule has 2 heterocycles. The number of aromatic nitrogens is 2. The average Bonchev–Trinajstić information content (AvgIpc) is 3.09. The molecule has 0 amide bonds.